The predicted octanol–water partition coefficient (Wildman–Crippen LogP) is 3.43. The average molecular weight is 482 g/mol. The fourth-order valence-electron chi connectivity index (χ4n) is 4.82. The van der Waals surface area contributed by atoms with E-state index in [0.717, 1.165) is 16.5 Å². The first-order valence-corrected chi connectivity index (χ1v) is 13.1. The lowest BCUT2D eigenvalue weighted by Gasteiger charge is -2.38. The van der Waals surface area contributed by atoms with Crippen LogP contribution in [0.15, 0.2) is 41.2 Å². The van der Waals surface area contributed by atoms with Crippen LogP contribution in [0.25, 0.3) is 22.3 Å². The molecule has 0 amide bonds. The lowest BCUT2D eigenvalue weighted by atomic mass is 9.86. The summed E-state index contributed by atoms with van der Waals surface area (Å²) < 4.78 is 26.7. The number of carbonyl (C=O) groups excluding carboxylic acids is 1. The lowest BCUT2D eigenvalue weighted by molar-refractivity contribution is -0.169. The van der Waals surface area contributed by atoms with Gasteiger partial charge in [0.1, 0.15) is 6.61 Å². The standard InChI is InChI=1S/C24H27N4O5P/c1-4-24(33-34(31,25-5-2)26-6-3)18-12-20-21-16(11-15-9-7-8-10-19(15)27-21)13-28(20)22(29)17(18)14-32-23(24)30/h7-12H,4-6,13-14H2,1-3H3,(H2,25,26,31)/t24-/m0/s1. The van der Waals surface area contributed by atoms with Crippen molar-refractivity contribution in [1.82, 2.24) is 19.7 Å². The minimum atomic E-state index is -3.62. The van der Waals surface area contributed by atoms with E-state index in [4.69, 9.17) is 14.2 Å². The molecular formula is C24H27N4O5P. The number of pyridine rings is 2. The zero-order valence-corrected chi connectivity index (χ0v) is 20.3. The van der Waals surface area contributed by atoms with E-state index in [1.807, 2.05) is 30.3 Å². The van der Waals surface area contributed by atoms with Crippen LogP contribution >= 0.6 is 7.67 Å². The van der Waals surface area contributed by atoms with Gasteiger partial charge in [-0.2, -0.15) is 0 Å². The Hall–Kier alpha value is -2.84. The molecular weight excluding hydrogens is 455 g/mol. The summed E-state index contributed by atoms with van der Waals surface area (Å²) >= 11 is 0. The van der Waals surface area contributed by atoms with Crippen molar-refractivity contribution < 1.29 is 18.6 Å². The molecule has 0 unspecified atom stereocenters. The fourth-order valence-corrected chi connectivity index (χ4v) is 6.64. The Bertz CT molecular complexity index is 1410. The Balaban J connectivity index is 1.72. The van der Waals surface area contributed by atoms with Gasteiger partial charge in [0, 0.05) is 29.6 Å². The van der Waals surface area contributed by atoms with E-state index in [2.05, 4.69) is 10.2 Å². The first kappa shape index (κ1) is 22.9. The minimum Gasteiger partial charge on any atom is -0.458 e. The molecule has 0 fully saturated rings. The molecule has 2 aromatic heterocycles. The first-order valence-electron chi connectivity index (χ1n) is 11.5. The number of ether oxygens (including phenoxy) is 1. The van der Waals surface area contributed by atoms with Gasteiger partial charge in [0.2, 0.25) is 5.60 Å². The van der Waals surface area contributed by atoms with Crippen molar-refractivity contribution in [1.29, 1.82) is 0 Å². The van der Waals surface area contributed by atoms with Crippen LogP contribution in [0.5, 0.6) is 0 Å². The summed E-state index contributed by atoms with van der Waals surface area (Å²) in [6, 6.07) is 11.6. The molecule has 0 bridgehead atoms. The van der Waals surface area contributed by atoms with Gasteiger partial charge in [0.15, 0.2) is 0 Å². The van der Waals surface area contributed by atoms with Crippen LogP contribution in [0.1, 0.15) is 43.9 Å². The normalized spacial score (nSPS) is 19.0. The summed E-state index contributed by atoms with van der Waals surface area (Å²) in [5.74, 6) is -0.660. The molecule has 3 aromatic rings. The van der Waals surface area contributed by atoms with Crippen molar-refractivity contribution in [2.45, 2.75) is 45.9 Å². The highest BCUT2D eigenvalue weighted by molar-refractivity contribution is 7.54. The molecule has 0 saturated carbocycles. The Morgan fingerprint density at radius 3 is 2.59 bits per heavy atom. The number of hydrogen-bond acceptors (Lipinski definition) is 6. The monoisotopic (exact) mass is 482 g/mol. The zero-order chi connectivity index (χ0) is 24.1. The molecule has 0 aliphatic carbocycles. The number of benzene rings is 1. The van der Waals surface area contributed by atoms with Crippen LogP contribution in [0.4, 0.5) is 0 Å². The smallest absolute Gasteiger partial charge is 0.344 e. The molecule has 4 heterocycles. The highest BCUT2D eigenvalue weighted by atomic mass is 31.2. The maximum Gasteiger partial charge on any atom is 0.344 e. The van der Waals surface area contributed by atoms with E-state index in [1.54, 1.807) is 31.4 Å². The van der Waals surface area contributed by atoms with Crippen molar-refractivity contribution in [2.75, 3.05) is 13.1 Å². The van der Waals surface area contributed by atoms with Crippen molar-refractivity contribution >= 4 is 24.5 Å². The topological polar surface area (TPSA) is 112 Å². The van der Waals surface area contributed by atoms with Gasteiger partial charge in [-0.15, -0.1) is 0 Å². The van der Waals surface area contributed by atoms with Crippen LogP contribution in [-0.4, -0.2) is 28.6 Å². The molecule has 0 saturated heterocycles. The maximum atomic E-state index is 13.6. The second-order valence-electron chi connectivity index (χ2n) is 8.42. The third-order valence-electron chi connectivity index (χ3n) is 6.40. The quantitative estimate of drug-likeness (QED) is 0.304. The largest absolute Gasteiger partial charge is 0.458 e. The van der Waals surface area contributed by atoms with Gasteiger partial charge in [-0.25, -0.2) is 20.0 Å². The molecule has 2 aliphatic rings. The van der Waals surface area contributed by atoms with Gasteiger partial charge < -0.3 is 9.30 Å². The second kappa shape index (κ2) is 8.43. The molecule has 0 spiro atoms. The Morgan fingerprint density at radius 2 is 1.88 bits per heavy atom. The van der Waals surface area contributed by atoms with Crippen LogP contribution in [0.2, 0.25) is 0 Å². The number of para-hydroxylation sites is 1. The lowest BCUT2D eigenvalue weighted by Crippen LogP contribution is -2.47. The highest BCUT2D eigenvalue weighted by Crippen LogP contribution is 2.50. The molecule has 178 valence electrons. The minimum absolute atomic E-state index is 0.139. The number of aromatic nitrogens is 2. The Labute approximate surface area is 197 Å². The summed E-state index contributed by atoms with van der Waals surface area (Å²) in [6.45, 7) is 6.30. The maximum absolute atomic E-state index is 13.6. The fraction of sp³-hybridized carbons (Fsp3) is 0.375. The van der Waals surface area contributed by atoms with Crippen molar-refractivity contribution in [2.24, 2.45) is 0 Å². The van der Waals surface area contributed by atoms with Gasteiger partial charge in [0.05, 0.1) is 29.0 Å². The zero-order valence-electron chi connectivity index (χ0n) is 19.4. The van der Waals surface area contributed by atoms with Crippen LogP contribution in [-0.2, 0) is 37.4 Å². The number of hydrogen-bond donors (Lipinski definition) is 2. The third-order valence-corrected chi connectivity index (χ3v) is 8.44. The van der Waals surface area contributed by atoms with Gasteiger partial charge in [-0.1, -0.05) is 39.0 Å². The summed E-state index contributed by atoms with van der Waals surface area (Å²) in [4.78, 5) is 31.6. The first-order chi connectivity index (χ1) is 16.4. The second-order valence-corrected chi connectivity index (χ2v) is 10.3. The molecule has 1 atom stereocenters. The van der Waals surface area contributed by atoms with E-state index in [-0.39, 0.29) is 18.6 Å². The summed E-state index contributed by atoms with van der Waals surface area (Å²) in [7, 11) is -3.62. The molecule has 10 heteroatoms. The number of nitrogens with one attached hydrogen (secondary N) is 2. The molecule has 34 heavy (non-hydrogen) atoms. The van der Waals surface area contributed by atoms with Crippen LogP contribution in [0, 0.1) is 0 Å². The average Bonchev–Trinajstić information content (AvgIpc) is 3.18. The SMILES string of the molecule is CCNP(=O)(NCC)O[C@]1(CC)C(=O)OCc2c1cc1n(c2=O)Cc2cc3ccccc3nc2-1. The van der Waals surface area contributed by atoms with Gasteiger partial charge in [0.25, 0.3) is 5.56 Å². The number of rotatable bonds is 7. The van der Waals surface area contributed by atoms with E-state index in [0.29, 0.717) is 42.1 Å². The van der Waals surface area contributed by atoms with Crippen molar-refractivity contribution in [3.8, 4) is 11.4 Å². The molecule has 5 rings (SSSR count). The summed E-state index contributed by atoms with van der Waals surface area (Å²) in [5.41, 5.74) is 1.84. The van der Waals surface area contributed by atoms with Gasteiger partial charge >= 0.3 is 13.6 Å². The van der Waals surface area contributed by atoms with E-state index < -0.39 is 19.2 Å². The van der Waals surface area contributed by atoms with Crippen LogP contribution < -0.4 is 15.7 Å². The number of esters is 1. The van der Waals surface area contributed by atoms with E-state index >= 15 is 0 Å². The third kappa shape index (κ3) is 3.43. The van der Waals surface area contributed by atoms with E-state index in [1.165, 1.54) is 0 Å². The number of carbonyl (C=O) groups is 1. The van der Waals surface area contributed by atoms with Gasteiger partial charge in [-0.3, -0.25) is 13.9 Å². The Morgan fingerprint density at radius 1 is 1.15 bits per heavy atom. The number of nitrogens with zero attached hydrogens (tertiary/aromatic N) is 2. The molecule has 2 N–H and O–H groups in total. The van der Waals surface area contributed by atoms with Crippen molar-refractivity contribution in [3.05, 3.63) is 63.4 Å². The van der Waals surface area contributed by atoms with E-state index in [9.17, 15) is 14.2 Å². The summed E-state index contributed by atoms with van der Waals surface area (Å²) in [5, 5.41) is 6.67. The van der Waals surface area contributed by atoms with Crippen molar-refractivity contribution in [3.63, 3.8) is 0 Å². The predicted molar refractivity (Wildman–Crippen MR) is 128 cm³/mol. The Kier molecular flexibility index (Phi) is 5.68. The molecule has 0 radical (unpaired) electrons. The number of fused-ring (bicyclic) bond motifs is 5. The molecule has 2 aliphatic heterocycles. The number of cyclic esters (lactones) is 1. The van der Waals surface area contributed by atoms with Crippen LogP contribution in [0.3, 0.4) is 0 Å². The highest BCUT2D eigenvalue weighted by Gasteiger charge is 2.52. The van der Waals surface area contributed by atoms with Gasteiger partial charge in [-0.05, 0) is 24.6 Å². The summed E-state index contributed by atoms with van der Waals surface area (Å²) in [6.07, 6.45) is 0.139. The molecule has 1 aromatic carbocycles. The molecule has 9 nitrogen and oxygen atoms in total.